The van der Waals surface area contributed by atoms with Crippen molar-refractivity contribution in [2.24, 2.45) is 5.73 Å². The van der Waals surface area contributed by atoms with Gasteiger partial charge in [0.05, 0.1) is 6.61 Å². The Morgan fingerprint density at radius 1 is 1.42 bits per heavy atom. The van der Waals surface area contributed by atoms with Crippen LogP contribution in [0, 0.1) is 5.82 Å². The third-order valence-electron chi connectivity index (χ3n) is 3.20. The van der Waals surface area contributed by atoms with Crippen LogP contribution in [0.4, 0.5) is 4.39 Å². The zero-order chi connectivity index (χ0) is 13.3. The molecule has 1 aliphatic rings. The van der Waals surface area contributed by atoms with Crippen LogP contribution in [-0.2, 0) is 16.7 Å². The number of halogens is 1. The van der Waals surface area contributed by atoms with Gasteiger partial charge in [-0.25, -0.2) is 4.39 Å². The van der Waals surface area contributed by atoms with Gasteiger partial charge in [-0.1, -0.05) is 17.3 Å². The second-order valence-corrected chi connectivity index (χ2v) is 4.78. The summed E-state index contributed by atoms with van der Waals surface area (Å²) in [5, 5.41) is 3.89. The summed E-state index contributed by atoms with van der Waals surface area (Å²) in [5.74, 6) is 0.606. The maximum absolute atomic E-state index is 13.1. The van der Waals surface area contributed by atoms with E-state index in [0.717, 1.165) is 5.56 Å². The van der Waals surface area contributed by atoms with Crippen molar-refractivity contribution in [2.45, 2.75) is 18.4 Å². The molecule has 0 amide bonds. The molecule has 1 aliphatic heterocycles. The van der Waals surface area contributed by atoms with Crippen LogP contribution in [0.3, 0.4) is 0 Å². The molecule has 1 unspecified atom stereocenters. The summed E-state index contributed by atoms with van der Waals surface area (Å²) in [6.45, 7) is 0.979. The lowest BCUT2D eigenvalue weighted by atomic mass is 10.0. The molecule has 1 saturated heterocycles. The largest absolute Gasteiger partial charge is 0.379 e. The summed E-state index contributed by atoms with van der Waals surface area (Å²) >= 11 is 0. The average molecular weight is 263 g/mol. The summed E-state index contributed by atoms with van der Waals surface area (Å²) in [5.41, 5.74) is 6.24. The van der Waals surface area contributed by atoms with Crippen molar-refractivity contribution in [2.75, 3.05) is 13.2 Å². The first kappa shape index (κ1) is 12.3. The third kappa shape index (κ3) is 2.50. The molecule has 2 heterocycles. The molecule has 1 atom stereocenters. The Morgan fingerprint density at radius 2 is 2.32 bits per heavy atom. The first-order valence-corrected chi connectivity index (χ1v) is 6.10. The Balaban J connectivity index is 1.78. The van der Waals surface area contributed by atoms with Gasteiger partial charge in [0.1, 0.15) is 11.4 Å². The van der Waals surface area contributed by atoms with Crippen LogP contribution in [0.2, 0.25) is 0 Å². The van der Waals surface area contributed by atoms with E-state index < -0.39 is 5.54 Å². The maximum atomic E-state index is 13.1. The summed E-state index contributed by atoms with van der Waals surface area (Å²) in [7, 11) is 0. The van der Waals surface area contributed by atoms with Gasteiger partial charge in [0.25, 0.3) is 0 Å². The highest BCUT2D eigenvalue weighted by Gasteiger charge is 2.38. The molecule has 100 valence electrons. The number of benzene rings is 1. The zero-order valence-electron chi connectivity index (χ0n) is 10.3. The van der Waals surface area contributed by atoms with E-state index in [1.54, 1.807) is 6.07 Å². The summed E-state index contributed by atoms with van der Waals surface area (Å²) in [6.07, 6.45) is 1.08. The number of hydrogen-bond donors (Lipinski definition) is 1. The van der Waals surface area contributed by atoms with Crippen molar-refractivity contribution >= 4 is 0 Å². The van der Waals surface area contributed by atoms with Gasteiger partial charge in [-0.3, -0.25) is 0 Å². The van der Waals surface area contributed by atoms with Crippen molar-refractivity contribution in [1.82, 2.24) is 10.1 Å². The number of nitrogens with two attached hydrogens (primary N) is 1. The van der Waals surface area contributed by atoms with E-state index in [1.807, 2.05) is 6.07 Å². The van der Waals surface area contributed by atoms with Gasteiger partial charge in [-0.2, -0.15) is 4.98 Å². The molecule has 19 heavy (non-hydrogen) atoms. The summed E-state index contributed by atoms with van der Waals surface area (Å²) in [4.78, 5) is 4.28. The number of hydrogen-bond acceptors (Lipinski definition) is 5. The van der Waals surface area contributed by atoms with Gasteiger partial charge in [0.15, 0.2) is 5.82 Å². The van der Waals surface area contributed by atoms with E-state index in [1.165, 1.54) is 12.1 Å². The highest BCUT2D eigenvalue weighted by Crippen LogP contribution is 2.26. The summed E-state index contributed by atoms with van der Waals surface area (Å²) < 4.78 is 23.5. The normalized spacial score (nSPS) is 22.8. The SMILES string of the molecule is NC1(c2nc(Cc3cccc(F)c3)no2)CCOC1. The van der Waals surface area contributed by atoms with E-state index in [2.05, 4.69) is 10.1 Å². The van der Waals surface area contributed by atoms with E-state index in [0.29, 0.717) is 37.8 Å². The molecule has 0 aliphatic carbocycles. The lowest BCUT2D eigenvalue weighted by molar-refractivity contribution is 0.166. The molecular formula is C13H14FN3O2. The minimum atomic E-state index is -0.687. The van der Waals surface area contributed by atoms with Crippen LogP contribution in [0.5, 0.6) is 0 Å². The third-order valence-corrected chi connectivity index (χ3v) is 3.20. The molecule has 0 bridgehead atoms. The molecule has 5 nitrogen and oxygen atoms in total. The van der Waals surface area contributed by atoms with Gasteiger partial charge < -0.3 is 15.0 Å². The predicted molar refractivity (Wildman–Crippen MR) is 64.8 cm³/mol. The molecule has 1 aromatic heterocycles. The van der Waals surface area contributed by atoms with Gasteiger partial charge in [0, 0.05) is 13.0 Å². The van der Waals surface area contributed by atoms with Crippen LogP contribution in [0.1, 0.15) is 23.7 Å². The van der Waals surface area contributed by atoms with Crippen LogP contribution < -0.4 is 5.73 Å². The van der Waals surface area contributed by atoms with Crippen LogP contribution in [0.15, 0.2) is 28.8 Å². The number of nitrogens with zero attached hydrogens (tertiary/aromatic N) is 2. The molecule has 3 rings (SSSR count). The van der Waals surface area contributed by atoms with Gasteiger partial charge in [0.2, 0.25) is 5.89 Å². The summed E-state index contributed by atoms with van der Waals surface area (Å²) in [6, 6.07) is 6.32. The van der Waals surface area contributed by atoms with Crippen LogP contribution in [-0.4, -0.2) is 23.4 Å². The smallest absolute Gasteiger partial charge is 0.249 e. The van der Waals surface area contributed by atoms with Gasteiger partial charge >= 0.3 is 0 Å². The Kier molecular flexibility index (Phi) is 3.04. The minimum absolute atomic E-state index is 0.277. The molecule has 0 radical (unpaired) electrons. The fraction of sp³-hybridized carbons (Fsp3) is 0.385. The van der Waals surface area contributed by atoms with E-state index in [-0.39, 0.29) is 5.82 Å². The molecular weight excluding hydrogens is 249 g/mol. The number of ether oxygens (including phenoxy) is 1. The first-order valence-electron chi connectivity index (χ1n) is 6.10. The average Bonchev–Trinajstić information content (AvgIpc) is 2.99. The van der Waals surface area contributed by atoms with Crippen molar-refractivity contribution < 1.29 is 13.7 Å². The minimum Gasteiger partial charge on any atom is -0.379 e. The monoisotopic (exact) mass is 263 g/mol. The molecule has 0 saturated carbocycles. The van der Waals surface area contributed by atoms with Crippen molar-refractivity contribution in [3.8, 4) is 0 Å². The standard InChI is InChI=1S/C13H14FN3O2/c14-10-3-1-2-9(6-10)7-11-16-12(19-17-11)13(15)4-5-18-8-13/h1-3,6H,4-5,7-8,15H2. The number of aromatic nitrogens is 2. The second kappa shape index (κ2) is 4.71. The zero-order valence-corrected chi connectivity index (χ0v) is 10.3. The lowest BCUT2D eigenvalue weighted by Crippen LogP contribution is -2.37. The molecule has 1 fully saturated rings. The van der Waals surface area contributed by atoms with E-state index in [4.69, 9.17) is 15.0 Å². The van der Waals surface area contributed by atoms with Crippen molar-refractivity contribution in [3.05, 3.63) is 47.4 Å². The lowest BCUT2D eigenvalue weighted by Gasteiger charge is -2.14. The Labute approximate surface area is 109 Å². The Morgan fingerprint density at radius 3 is 3.05 bits per heavy atom. The quantitative estimate of drug-likeness (QED) is 0.905. The molecule has 6 heteroatoms. The van der Waals surface area contributed by atoms with Crippen molar-refractivity contribution in [1.29, 1.82) is 0 Å². The maximum Gasteiger partial charge on any atom is 0.249 e. The molecule has 0 spiro atoms. The Bertz CT molecular complexity index is 579. The highest BCUT2D eigenvalue weighted by atomic mass is 19.1. The number of rotatable bonds is 3. The van der Waals surface area contributed by atoms with E-state index in [9.17, 15) is 4.39 Å². The highest BCUT2D eigenvalue weighted by molar-refractivity contribution is 5.20. The van der Waals surface area contributed by atoms with Crippen molar-refractivity contribution in [3.63, 3.8) is 0 Å². The fourth-order valence-corrected chi connectivity index (χ4v) is 2.11. The molecule has 1 aromatic carbocycles. The van der Waals surface area contributed by atoms with Gasteiger partial charge in [-0.15, -0.1) is 0 Å². The van der Waals surface area contributed by atoms with Gasteiger partial charge in [-0.05, 0) is 24.1 Å². The topological polar surface area (TPSA) is 74.2 Å². The Hall–Kier alpha value is -1.79. The molecule has 2 N–H and O–H groups in total. The predicted octanol–water partition coefficient (Wildman–Crippen LogP) is 1.37. The second-order valence-electron chi connectivity index (χ2n) is 4.78. The van der Waals surface area contributed by atoms with E-state index >= 15 is 0 Å². The first-order chi connectivity index (χ1) is 9.16. The fourth-order valence-electron chi connectivity index (χ4n) is 2.11. The van der Waals surface area contributed by atoms with Crippen LogP contribution in [0.25, 0.3) is 0 Å². The molecule has 2 aromatic rings. The van der Waals surface area contributed by atoms with Crippen LogP contribution >= 0.6 is 0 Å².